The van der Waals surface area contributed by atoms with Gasteiger partial charge in [-0.15, -0.1) is 10.2 Å². The maximum absolute atomic E-state index is 5.65. The van der Waals surface area contributed by atoms with Gasteiger partial charge in [0, 0.05) is 26.2 Å². The smallest absolute Gasteiger partial charge is 0.191 e. The van der Waals surface area contributed by atoms with E-state index >= 15 is 0 Å². The molecule has 0 aliphatic carbocycles. The minimum atomic E-state index is 0.482. The van der Waals surface area contributed by atoms with Crippen LogP contribution in [-0.4, -0.2) is 34.4 Å². The van der Waals surface area contributed by atoms with Crippen molar-refractivity contribution in [3.05, 3.63) is 54.6 Å². The Morgan fingerprint density at radius 1 is 1.35 bits per heavy atom. The van der Waals surface area contributed by atoms with Gasteiger partial charge in [-0.2, -0.15) is 0 Å². The number of nitrogens with zero attached hydrogens (tertiary/aromatic N) is 4. The minimum absolute atomic E-state index is 0.482. The van der Waals surface area contributed by atoms with Gasteiger partial charge in [-0.1, -0.05) is 30.9 Å². The number of para-hydroxylation sites is 1. The van der Waals surface area contributed by atoms with Crippen molar-refractivity contribution < 1.29 is 4.74 Å². The zero-order valence-corrected chi connectivity index (χ0v) is 13.5. The van der Waals surface area contributed by atoms with Gasteiger partial charge in [-0.25, -0.2) is 0 Å². The molecule has 1 aromatic carbocycles. The van der Waals surface area contributed by atoms with Crippen LogP contribution in [0.5, 0.6) is 5.75 Å². The van der Waals surface area contributed by atoms with Gasteiger partial charge in [-0.3, -0.25) is 4.99 Å². The molecule has 0 spiro atoms. The fraction of sp³-hybridized carbons (Fsp3) is 0.312. The van der Waals surface area contributed by atoms with Crippen LogP contribution in [0.1, 0.15) is 11.4 Å². The Bertz CT molecular complexity index is 664. The number of ether oxygens (including phenoxy) is 1. The first kappa shape index (κ1) is 16.5. The van der Waals surface area contributed by atoms with Crippen LogP contribution >= 0.6 is 0 Å². The minimum Gasteiger partial charge on any atom is -0.489 e. The van der Waals surface area contributed by atoms with Crippen molar-refractivity contribution in [3.63, 3.8) is 0 Å². The molecular weight excluding hydrogens is 292 g/mol. The van der Waals surface area contributed by atoms with Gasteiger partial charge >= 0.3 is 0 Å². The molecule has 1 heterocycles. The summed E-state index contributed by atoms with van der Waals surface area (Å²) in [5.41, 5.74) is 1.05. The van der Waals surface area contributed by atoms with Gasteiger partial charge in [-0.05, 0) is 6.07 Å². The van der Waals surface area contributed by atoms with E-state index in [0.29, 0.717) is 25.7 Å². The van der Waals surface area contributed by atoms with Crippen LogP contribution < -0.4 is 15.4 Å². The van der Waals surface area contributed by atoms with Gasteiger partial charge in [0.15, 0.2) is 11.8 Å². The molecule has 0 amide bonds. The molecule has 0 bridgehead atoms. The lowest BCUT2D eigenvalue weighted by Gasteiger charge is -2.14. The largest absolute Gasteiger partial charge is 0.489 e. The Kier molecular flexibility index (Phi) is 6.17. The molecule has 0 aliphatic rings. The lowest BCUT2D eigenvalue weighted by Crippen LogP contribution is -2.37. The molecular formula is C16H22N6O. The molecule has 0 unspecified atom stereocenters. The Labute approximate surface area is 136 Å². The maximum Gasteiger partial charge on any atom is 0.191 e. The van der Waals surface area contributed by atoms with Crippen molar-refractivity contribution in [1.82, 2.24) is 25.4 Å². The monoisotopic (exact) mass is 314 g/mol. The first-order chi connectivity index (χ1) is 11.2. The number of rotatable bonds is 7. The predicted octanol–water partition coefficient (Wildman–Crippen LogP) is 1.25. The molecule has 0 atom stereocenters. The van der Waals surface area contributed by atoms with Gasteiger partial charge < -0.3 is 19.9 Å². The van der Waals surface area contributed by atoms with E-state index in [1.807, 2.05) is 35.9 Å². The third-order valence-electron chi connectivity index (χ3n) is 3.22. The molecule has 2 N–H and O–H groups in total. The first-order valence-corrected chi connectivity index (χ1v) is 7.33. The Morgan fingerprint density at radius 3 is 2.83 bits per heavy atom. The average molecular weight is 314 g/mol. The van der Waals surface area contributed by atoms with Crippen molar-refractivity contribution >= 4 is 5.96 Å². The van der Waals surface area contributed by atoms with Crippen molar-refractivity contribution in [2.75, 3.05) is 13.7 Å². The van der Waals surface area contributed by atoms with E-state index in [0.717, 1.165) is 17.1 Å². The predicted molar refractivity (Wildman–Crippen MR) is 90.2 cm³/mol. The summed E-state index contributed by atoms with van der Waals surface area (Å²) in [5, 5.41) is 14.3. The van der Waals surface area contributed by atoms with E-state index in [-0.39, 0.29) is 0 Å². The summed E-state index contributed by atoms with van der Waals surface area (Å²) in [6.45, 7) is 5.30. The van der Waals surface area contributed by atoms with Gasteiger partial charge in [0.05, 0.1) is 6.54 Å². The SMILES string of the molecule is C=CCOc1ccccc1CNC(=NC)NCc1nncn1C. The van der Waals surface area contributed by atoms with Gasteiger partial charge in [0.2, 0.25) is 0 Å². The topological polar surface area (TPSA) is 76.4 Å². The van der Waals surface area contributed by atoms with Crippen LogP contribution in [0.2, 0.25) is 0 Å². The standard InChI is InChI=1S/C16H22N6O/c1-4-9-23-14-8-6-5-7-13(14)10-18-16(17-2)19-11-15-21-20-12-22(15)3/h4-8,12H,1,9-11H2,2-3H3,(H2,17,18,19). The number of aliphatic imine (C=N–C) groups is 1. The highest BCUT2D eigenvalue weighted by atomic mass is 16.5. The molecule has 1 aromatic heterocycles. The summed E-state index contributed by atoms with van der Waals surface area (Å²) in [6, 6.07) is 7.88. The number of guanidine groups is 1. The second-order valence-corrected chi connectivity index (χ2v) is 4.84. The van der Waals surface area contributed by atoms with E-state index in [1.165, 1.54) is 0 Å². The molecule has 0 aliphatic heterocycles. The van der Waals surface area contributed by atoms with Crippen LogP contribution in [0.15, 0.2) is 48.2 Å². The average Bonchev–Trinajstić information content (AvgIpc) is 2.99. The number of hydrogen-bond donors (Lipinski definition) is 2. The third kappa shape index (κ3) is 4.84. The first-order valence-electron chi connectivity index (χ1n) is 7.33. The third-order valence-corrected chi connectivity index (χ3v) is 3.22. The zero-order valence-electron chi connectivity index (χ0n) is 13.5. The number of nitrogens with one attached hydrogen (secondary N) is 2. The summed E-state index contributed by atoms with van der Waals surface area (Å²) in [7, 11) is 3.63. The van der Waals surface area contributed by atoms with Crippen LogP contribution in [-0.2, 0) is 20.1 Å². The Morgan fingerprint density at radius 2 is 2.13 bits per heavy atom. The lowest BCUT2D eigenvalue weighted by molar-refractivity contribution is 0.358. The Balaban J connectivity index is 1.90. The second kappa shape index (κ2) is 8.57. The second-order valence-electron chi connectivity index (χ2n) is 4.84. The molecule has 0 fully saturated rings. The number of benzene rings is 1. The molecule has 122 valence electrons. The molecule has 2 rings (SSSR count). The van der Waals surface area contributed by atoms with E-state index in [1.54, 1.807) is 19.5 Å². The van der Waals surface area contributed by atoms with Gasteiger partial charge in [0.25, 0.3) is 0 Å². The van der Waals surface area contributed by atoms with E-state index in [9.17, 15) is 0 Å². The van der Waals surface area contributed by atoms with Gasteiger partial charge in [0.1, 0.15) is 18.7 Å². The zero-order chi connectivity index (χ0) is 16.5. The van der Waals surface area contributed by atoms with Crippen molar-refractivity contribution in [1.29, 1.82) is 0 Å². The quantitative estimate of drug-likeness (QED) is 0.457. The lowest BCUT2D eigenvalue weighted by atomic mass is 10.2. The van der Waals surface area contributed by atoms with Crippen molar-refractivity contribution in [2.24, 2.45) is 12.0 Å². The van der Waals surface area contributed by atoms with E-state index in [2.05, 4.69) is 32.4 Å². The highest BCUT2D eigenvalue weighted by Gasteiger charge is 2.05. The number of hydrogen-bond acceptors (Lipinski definition) is 4. The van der Waals surface area contributed by atoms with Crippen LogP contribution in [0.3, 0.4) is 0 Å². The highest BCUT2D eigenvalue weighted by molar-refractivity contribution is 5.79. The normalized spacial score (nSPS) is 11.1. The number of aryl methyl sites for hydroxylation is 1. The Hall–Kier alpha value is -2.83. The number of aromatic nitrogens is 3. The fourth-order valence-corrected chi connectivity index (χ4v) is 1.97. The summed E-state index contributed by atoms with van der Waals surface area (Å²) < 4.78 is 7.51. The molecule has 23 heavy (non-hydrogen) atoms. The summed E-state index contributed by atoms with van der Waals surface area (Å²) in [4.78, 5) is 4.20. The summed E-state index contributed by atoms with van der Waals surface area (Å²) >= 11 is 0. The van der Waals surface area contributed by atoms with E-state index in [4.69, 9.17) is 4.74 Å². The molecule has 0 saturated heterocycles. The summed E-state index contributed by atoms with van der Waals surface area (Å²) in [5.74, 6) is 2.36. The van der Waals surface area contributed by atoms with Crippen molar-refractivity contribution in [2.45, 2.75) is 13.1 Å². The highest BCUT2D eigenvalue weighted by Crippen LogP contribution is 2.17. The fourth-order valence-electron chi connectivity index (χ4n) is 1.97. The van der Waals surface area contributed by atoms with Crippen molar-refractivity contribution in [3.8, 4) is 5.75 Å². The maximum atomic E-state index is 5.65. The summed E-state index contributed by atoms with van der Waals surface area (Å²) in [6.07, 6.45) is 3.39. The molecule has 2 aromatic rings. The molecule has 0 radical (unpaired) electrons. The van der Waals surface area contributed by atoms with E-state index < -0.39 is 0 Å². The van der Waals surface area contributed by atoms with Crippen LogP contribution in [0.4, 0.5) is 0 Å². The van der Waals surface area contributed by atoms with Crippen LogP contribution in [0, 0.1) is 0 Å². The molecule has 7 nitrogen and oxygen atoms in total. The van der Waals surface area contributed by atoms with Crippen LogP contribution in [0.25, 0.3) is 0 Å². The molecule has 0 saturated carbocycles. The molecule has 7 heteroatoms.